The summed E-state index contributed by atoms with van der Waals surface area (Å²) in [6, 6.07) is 10.9. The number of benzene rings is 1. The Kier molecular flexibility index (Phi) is 4.70. The maximum absolute atomic E-state index is 13.2. The average Bonchev–Trinajstić information content (AvgIpc) is 2.55. The van der Waals surface area contributed by atoms with Gasteiger partial charge in [0.25, 0.3) is 0 Å². The Balaban J connectivity index is 1.89. The van der Waals surface area contributed by atoms with Gasteiger partial charge < -0.3 is 5.73 Å². The van der Waals surface area contributed by atoms with E-state index in [1.807, 2.05) is 24.3 Å². The lowest BCUT2D eigenvalue weighted by Crippen LogP contribution is -2.18. The van der Waals surface area contributed by atoms with Gasteiger partial charge in [-0.15, -0.1) is 0 Å². The van der Waals surface area contributed by atoms with Gasteiger partial charge in [-0.1, -0.05) is 25.0 Å². The number of nitrogens with zero attached hydrogens (tertiary/aromatic N) is 1. The molecule has 1 aliphatic carbocycles. The van der Waals surface area contributed by atoms with Gasteiger partial charge in [0, 0.05) is 11.9 Å². The lowest BCUT2D eigenvalue weighted by atomic mass is 9.72. The van der Waals surface area contributed by atoms with E-state index in [1.54, 1.807) is 6.20 Å². The summed E-state index contributed by atoms with van der Waals surface area (Å²) in [5.41, 5.74) is 8.38. The lowest BCUT2D eigenvalue weighted by Gasteiger charge is -2.32. The fourth-order valence-corrected chi connectivity index (χ4v) is 3.64. The molecule has 2 atom stereocenters. The quantitative estimate of drug-likeness (QED) is 0.936. The highest BCUT2D eigenvalue weighted by molar-refractivity contribution is 5.76. The molecule has 0 bridgehead atoms. The number of rotatable bonds is 4. The predicted octanol–water partition coefficient (Wildman–Crippen LogP) is 3.69. The fraction of sp³-hybridized carbons (Fsp3) is 0.368. The van der Waals surface area contributed by atoms with Crippen molar-refractivity contribution in [3.8, 4) is 0 Å². The maximum atomic E-state index is 13.2. The van der Waals surface area contributed by atoms with Crippen molar-refractivity contribution in [2.75, 3.05) is 0 Å². The van der Waals surface area contributed by atoms with Gasteiger partial charge in [0.1, 0.15) is 5.82 Å². The third kappa shape index (κ3) is 3.76. The maximum Gasteiger partial charge on any atom is 0.223 e. The van der Waals surface area contributed by atoms with Crippen molar-refractivity contribution < 1.29 is 9.18 Å². The van der Waals surface area contributed by atoms with Crippen LogP contribution >= 0.6 is 0 Å². The van der Waals surface area contributed by atoms with Crippen molar-refractivity contribution >= 4 is 5.91 Å². The zero-order valence-electron chi connectivity index (χ0n) is 13.0. The first kappa shape index (κ1) is 15.7. The number of amides is 1. The van der Waals surface area contributed by atoms with Crippen LogP contribution in [0, 0.1) is 5.82 Å². The molecule has 1 heterocycles. The molecule has 0 aliphatic heterocycles. The van der Waals surface area contributed by atoms with Crippen LogP contribution in [0.25, 0.3) is 0 Å². The van der Waals surface area contributed by atoms with E-state index < -0.39 is 0 Å². The molecule has 1 aromatic carbocycles. The van der Waals surface area contributed by atoms with Gasteiger partial charge >= 0.3 is 0 Å². The standard InChI is InChI=1S/C19H21FN2O/c20-15-7-5-13(6-8-15)17-3-1-2-4-18(17)14-9-10-22-16(11-14)12-19(21)23/h5-11,17-18H,1-4,12H2,(H2,21,23). The molecule has 0 spiro atoms. The van der Waals surface area contributed by atoms with Gasteiger partial charge in [0.2, 0.25) is 5.91 Å². The smallest absolute Gasteiger partial charge is 0.223 e. The highest BCUT2D eigenvalue weighted by atomic mass is 19.1. The monoisotopic (exact) mass is 312 g/mol. The highest BCUT2D eigenvalue weighted by Crippen LogP contribution is 2.44. The van der Waals surface area contributed by atoms with Crippen LogP contribution in [0.5, 0.6) is 0 Å². The van der Waals surface area contributed by atoms with Gasteiger partial charge in [0.05, 0.1) is 6.42 Å². The molecule has 2 N–H and O–H groups in total. The molecule has 4 heteroatoms. The summed E-state index contributed by atoms with van der Waals surface area (Å²) in [5.74, 6) is 0.194. The van der Waals surface area contributed by atoms with E-state index in [-0.39, 0.29) is 18.1 Å². The van der Waals surface area contributed by atoms with Gasteiger partial charge in [0.15, 0.2) is 0 Å². The minimum atomic E-state index is -0.367. The Morgan fingerprint density at radius 1 is 1.09 bits per heavy atom. The zero-order chi connectivity index (χ0) is 16.2. The van der Waals surface area contributed by atoms with Crippen molar-refractivity contribution in [2.24, 2.45) is 5.73 Å². The molecule has 23 heavy (non-hydrogen) atoms. The molecule has 2 unspecified atom stereocenters. The average molecular weight is 312 g/mol. The number of aromatic nitrogens is 1. The summed E-state index contributed by atoms with van der Waals surface area (Å²) in [5, 5.41) is 0. The van der Waals surface area contributed by atoms with E-state index in [2.05, 4.69) is 4.98 Å². The van der Waals surface area contributed by atoms with Gasteiger partial charge in [-0.25, -0.2) is 4.39 Å². The second-order valence-electron chi connectivity index (χ2n) is 6.27. The van der Waals surface area contributed by atoms with Gasteiger partial charge in [-0.2, -0.15) is 0 Å². The summed E-state index contributed by atoms with van der Waals surface area (Å²) >= 11 is 0. The molecule has 1 aromatic heterocycles. The summed E-state index contributed by atoms with van der Waals surface area (Å²) in [6.07, 6.45) is 6.51. The predicted molar refractivity (Wildman–Crippen MR) is 87.5 cm³/mol. The van der Waals surface area contributed by atoms with Crippen LogP contribution in [0.2, 0.25) is 0 Å². The largest absolute Gasteiger partial charge is 0.369 e. The molecule has 3 nitrogen and oxygen atoms in total. The Hall–Kier alpha value is -2.23. The molecule has 3 rings (SSSR count). The van der Waals surface area contributed by atoms with E-state index in [4.69, 9.17) is 5.73 Å². The molecule has 1 saturated carbocycles. The molecule has 1 fully saturated rings. The van der Waals surface area contributed by atoms with Gasteiger partial charge in [-0.05, 0) is 60.1 Å². The number of pyridine rings is 1. The number of halogens is 1. The minimum Gasteiger partial charge on any atom is -0.369 e. The highest BCUT2D eigenvalue weighted by Gasteiger charge is 2.28. The number of nitrogens with two attached hydrogens (primary N) is 1. The van der Waals surface area contributed by atoms with Crippen LogP contribution in [-0.4, -0.2) is 10.9 Å². The molecule has 1 aliphatic rings. The Labute approximate surface area is 135 Å². The topological polar surface area (TPSA) is 56.0 Å². The third-order valence-electron chi connectivity index (χ3n) is 4.69. The number of carbonyl (C=O) groups excluding carboxylic acids is 1. The SMILES string of the molecule is NC(=O)Cc1cc(C2CCCCC2c2ccc(F)cc2)ccn1. The van der Waals surface area contributed by atoms with Crippen LogP contribution < -0.4 is 5.73 Å². The van der Waals surface area contributed by atoms with Crippen LogP contribution in [0.3, 0.4) is 0 Å². The van der Waals surface area contributed by atoms with Crippen molar-refractivity contribution in [1.82, 2.24) is 4.98 Å². The second-order valence-corrected chi connectivity index (χ2v) is 6.27. The zero-order valence-corrected chi connectivity index (χ0v) is 13.0. The number of primary amides is 1. The van der Waals surface area contributed by atoms with E-state index >= 15 is 0 Å². The first-order valence-electron chi connectivity index (χ1n) is 8.12. The third-order valence-corrected chi connectivity index (χ3v) is 4.69. The van der Waals surface area contributed by atoms with Crippen LogP contribution in [0.4, 0.5) is 4.39 Å². The second kappa shape index (κ2) is 6.90. The summed E-state index contributed by atoms with van der Waals surface area (Å²) < 4.78 is 13.2. The summed E-state index contributed by atoms with van der Waals surface area (Å²) in [7, 11) is 0. The van der Waals surface area contributed by atoms with Crippen LogP contribution in [-0.2, 0) is 11.2 Å². The van der Waals surface area contributed by atoms with Crippen molar-refractivity contribution in [2.45, 2.75) is 43.9 Å². The molecular formula is C19H21FN2O. The van der Waals surface area contributed by atoms with Crippen molar-refractivity contribution in [3.05, 3.63) is 65.2 Å². The summed E-state index contributed by atoms with van der Waals surface area (Å²) in [6.45, 7) is 0. The van der Waals surface area contributed by atoms with E-state index in [0.717, 1.165) is 18.5 Å². The van der Waals surface area contributed by atoms with Crippen LogP contribution in [0.1, 0.15) is 54.3 Å². The fourth-order valence-electron chi connectivity index (χ4n) is 3.64. The first-order chi connectivity index (χ1) is 11.1. The van der Waals surface area contributed by atoms with Gasteiger partial charge in [-0.3, -0.25) is 9.78 Å². The van der Waals surface area contributed by atoms with Crippen LogP contribution in [0.15, 0.2) is 42.6 Å². The molecule has 120 valence electrons. The number of hydrogen-bond acceptors (Lipinski definition) is 2. The minimum absolute atomic E-state index is 0.168. The number of hydrogen-bond donors (Lipinski definition) is 1. The first-order valence-corrected chi connectivity index (χ1v) is 8.12. The Bertz CT molecular complexity index is 684. The van der Waals surface area contributed by atoms with E-state index in [9.17, 15) is 9.18 Å². The molecule has 1 amide bonds. The lowest BCUT2D eigenvalue weighted by molar-refractivity contribution is -0.117. The van der Waals surface area contributed by atoms with E-state index in [1.165, 1.54) is 36.1 Å². The molecule has 0 saturated heterocycles. The Morgan fingerprint density at radius 2 is 1.74 bits per heavy atom. The summed E-state index contributed by atoms with van der Waals surface area (Å²) in [4.78, 5) is 15.4. The Morgan fingerprint density at radius 3 is 2.39 bits per heavy atom. The van der Waals surface area contributed by atoms with Crippen molar-refractivity contribution in [3.63, 3.8) is 0 Å². The van der Waals surface area contributed by atoms with Crippen molar-refractivity contribution in [1.29, 1.82) is 0 Å². The normalized spacial score (nSPS) is 21.1. The molecular weight excluding hydrogens is 291 g/mol. The number of carbonyl (C=O) groups is 1. The molecule has 2 aromatic rings. The van der Waals surface area contributed by atoms with E-state index in [0.29, 0.717) is 11.8 Å². The molecule has 0 radical (unpaired) electrons.